The van der Waals surface area contributed by atoms with E-state index in [0.29, 0.717) is 29.7 Å². The van der Waals surface area contributed by atoms with Crippen molar-refractivity contribution in [1.29, 1.82) is 0 Å². The van der Waals surface area contributed by atoms with E-state index in [1.54, 1.807) is 18.2 Å². The summed E-state index contributed by atoms with van der Waals surface area (Å²) in [7, 11) is -3.24. The van der Waals surface area contributed by atoms with Gasteiger partial charge < -0.3 is 10.1 Å². The molecule has 1 aromatic carbocycles. The molecule has 118 valence electrons. The highest BCUT2D eigenvalue weighted by molar-refractivity contribution is 7.91. The minimum Gasteiger partial charge on any atom is -0.492 e. The molecule has 0 radical (unpaired) electrons. The van der Waals surface area contributed by atoms with Gasteiger partial charge >= 0.3 is 0 Å². The van der Waals surface area contributed by atoms with Gasteiger partial charge in [-0.05, 0) is 44.4 Å². The first-order valence-electron chi connectivity index (χ1n) is 7.81. The van der Waals surface area contributed by atoms with Crippen molar-refractivity contribution in [2.24, 2.45) is 0 Å². The number of hydrogen-bond acceptors (Lipinski definition) is 4. The third kappa shape index (κ3) is 4.71. The number of para-hydroxylation sites is 1. The van der Waals surface area contributed by atoms with E-state index in [0.717, 1.165) is 13.0 Å². The molecule has 5 heteroatoms. The highest BCUT2D eigenvalue weighted by Gasteiger charge is 2.19. The van der Waals surface area contributed by atoms with Gasteiger partial charge in [-0.1, -0.05) is 25.5 Å². The molecule has 1 aliphatic heterocycles. The van der Waals surface area contributed by atoms with Crippen LogP contribution in [0, 0.1) is 0 Å². The molecule has 21 heavy (non-hydrogen) atoms. The first-order chi connectivity index (χ1) is 10.1. The Balaban J connectivity index is 1.96. The molecule has 2 rings (SSSR count). The van der Waals surface area contributed by atoms with Crippen molar-refractivity contribution in [3.8, 4) is 5.75 Å². The largest absolute Gasteiger partial charge is 0.492 e. The number of ether oxygens (including phenoxy) is 1. The van der Waals surface area contributed by atoms with Crippen LogP contribution in [0.5, 0.6) is 5.75 Å². The Morgan fingerprint density at radius 3 is 2.81 bits per heavy atom. The molecule has 1 heterocycles. The number of hydrogen-bond donors (Lipinski definition) is 1. The number of benzene rings is 1. The lowest BCUT2D eigenvalue weighted by atomic mass is 10.0. The predicted octanol–water partition coefficient (Wildman–Crippen LogP) is 2.78. The van der Waals surface area contributed by atoms with Gasteiger partial charge in [-0.15, -0.1) is 0 Å². The quantitative estimate of drug-likeness (QED) is 0.841. The van der Waals surface area contributed by atoms with E-state index in [4.69, 9.17) is 4.74 Å². The number of rotatable bonds is 7. The van der Waals surface area contributed by atoms with Crippen molar-refractivity contribution in [3.05, 3.63) is 24.3 Å². The molecule has 1 saturated heterocycles. The molecule has 1 atom stereocenters. The average molecular weight is 311 g/mol. The zero-order chi connectivity index (χ0) is 15.1. The van der Waals surface area contributed by atoms with Gasteiger partial charge in [0.05, 0.1) is 12.4 Å². The van der Waals surface area contributed by atoms with Gasteiger partial charge in [-0.25, -0.2) is 8.42 Å². The molecular weight excluding hydrogens is 286 g/mol. The van der Waals surface area contributed by atoms with Crippen LogP contribution in [0.3, 0.4) is 0 Å². The topological polar surface area (TPSA) is 55.4 Å². The third-order valence-electron chi connectivity index (χ3n) is 3.79. The summed E-state index contributed by atoms with van der Waals surface area (Å²) < 4.78 is 30.2. The van der Waals surface area contributed by atoms with Crippen LogP contribution in [0.1, 0.15) is 39.0 Å². The van der Waals surface area contributed by atoms with E-state index >= 15 is 0 Å². The molecule has 1 N–H and O–H groups in total. The lowest BCUT2D eigenvalue weighted by Gasteiger charge is -2.23. The Morgan fingerprint density at radius 1 is 1.29 bits per heavy atom. The SMILES string of the molecule is CCCS(=O)(=O)c1ccccc1OCCC1CCCCN1. The van der Waals surface area contributed by atoms with Crippen LogP contribution >= 0.6 is 0 Å². The van der Waals surface area contributed by atoms with Crippen LogP contribution < -0.4 is 10.1 Å². The minimum atomic E-state index is -3.24. The summed E-state index contributed by atoms with van der Waals surface area (Å²) in [5.74, 6) is 0.652. The van der Waals surface area contributed by atoms with Gasteiger partial charge in [-0.2, -0.15) is 0 Å². The second-order valence-corrected chi connectivity index (χ2v) is 7.63. The molecule has 1 aromatic rings. The van der Waals surface area contributed by atoms with Crippen molar-refractivity contribution >= 4 is 9.84 Å². The molecule has 1 unspecified atom stereocenters. The Labute approximate surface area is 127 Å². The molecule has 0 saturated carbocycles. The van der Waals surface area contributed by atoms with Crippen LogP contribution in [0.4, 0.5) is 0 Å². The van der Waals surface area contributed by atoms with Crippen LogP contribution in [-0.4, -0.2) is 33.4 Å². The molecule has 1 fully saturated rings. The third-order valence-corrected chi connectivity index (χ3v) is 5.75. The standard InChI is InChI=1S/C16H25NO3S/c1-2-13-21(18,19)16-9-4-3-8-15(16)20-12-10-14-7-5-6-11-17-14/h3-4,8-9,14,17H,2,5-7,10-13H2,1H3. The van der Waals surface area contributed by atoms with E-state index in [2.05, 4.69) is 5.32 Å². The molecule has 0 bridgehead atoms. The Morgan fingerprint density at radius 2 is 2.10 bits per heavy atom. The maximum Gasteiger partial charge on any atom is 0.182 e. The van der Waals surface area contributed by atoms with E-state index < -0.39 is 9.84 Å². The monoisotopic (exact) mass is 311 g/mol. The van der Waals surface area contributed by atoms with Crippen molar-refractivity contribution in [2.75, 3.05) is 18.9 Å². The Hall–Kier alpha value is -1.07. The highest BCUT2D eigenvalue weighted by Crippen LogP contribution is 2.25. The van der Waals surface area contributed by atoms with Gasteiger partial charge in [0.2, 0.25) is 0 Å². The second-order valence-electron chi connectivity index (χ2n) is 5.55. The summed E-state index contributed by atoms with van der Waals surface area (Å²) >= 11 is 0. The number of nitrogens with one attached hydrogen (secondary N) is 1. The normalized spacial score (nSPS) is 19.4. The zero-order valence-corrected chi connectivity index (χ0v) is 13.5. The fourth-order valence-electron chi connectivity index (χ4n) is 2.69. The van der Waals surface area contributed by atoms with Crippen LogP contribution in [0.15, 0.2) is 29.2 Å². The van der Waals surface area contributed by atoms with E-state index in [1.165, 1.54) is 19.3 Å². The minimum absolute atomic E-state index is 0.164. The van der Waals surface area contributed by atoms with Gasteiger partial charge in [0.15, 0.2) is 9.84 Å². The van der Waals surface area contributed by atoms with Crippen molar-refractivity contribution in [3.63, 3.8) is 0 Å². The van der Waals surface area contributed by atoms with E-state index in [-0.39, 0.29) is 5.75 Å². The van der Waals surface area contributed by atoms with Crippen molar-refractivity contribution < 1.29 is 13.2 Å². The van der Waals surface area contributed by atoms with Crippen molar-refractivity contribution in [2.45, 2.75) is 50.0 Å². The summed E-state index contributed by atoms with van der Waals surface area (Å²) in [6.07, 6.45) is 5.22. The fourth-order valence-corrected chi connectivity index (χ4v) is 4.16. The highest BCUT2D eigenvalue weighted by atomic mass is 32.2. The Kier molecular flexibility index (Phi) is 6.06. The first kappa shape index (κ1) is 16.3. The van der Waals surface area contributed by atoms with Gasteiger partial charge in [0, 0.05) is 6.04 Å². The van der Waals surface area contributed by atoms with Gasteiger partial charge in [0.1, 0.15) is 10.6 Å². The maximum absolute atomic E-state index is 12.2. The molecule has 0 amide bonds. The van der Waals surface area contributed by atoms with Crippen LogP contribution in [-0.2, 0) is 9.84 Å². The smallest absolute Gasteiger partial charge is 0.182 e. The number of piperidine rings is 1. The maximum atomic E-state index is 12.2. The van der Waals surface area contributed by atoms with Gasteiger partial charge in [-0.3, -0.25) is 0 Å². The Bertz CT molecular complexity index is 536. The van der Waals surface area contributed by atoms with E-state index in [9.17, 15) is 8.42 Å². The molecule has 0 aromatic heterocycles. The predicted molar refractivity (Wildman–Crippen MR) is 84.5 cm³/mol. The first-order valence-corrected chi connectivity index (χ1v) is 9.46. The number of sulfone groups is 1. The lowest BCUT2D eigenvalue weighted by Crippen LogP contribution is -2.35. The molecule has 0 spiro atoms. The summed E-state index contributed by atoms with van der Waals surface area (Å²) in [5, 5.41) is 3.47. The summed E-state index contributed by atoms with van der Waals surface area (Å²) in [4.78, 5) is 0.323. The summed E-state index contributed by atoms with van der Waals surface area (Å²) in [6, 6.07) is 7.45. The summed E-state index contributed by atoms with van der Waals surface area (Å²) in [6.45, 7) is 3.50. The average Bonchev–Trinajstić information content (AvgIpc) is 2.49. The van der Waals surface area contributed by atoms with Crippen LogP contribution in [0.25, 0.3) is 0 Å². The summed E-state index contributed by atoms with van der Waals surface area (Å²) in [5.41, 5.74) is 0. The molecular formula is C16H25NO3S. The van der Waals surface area contributed by atoms with Crippen LogP contribution in [0.2, 0.25) is 0 Å². The molecule has 0 aliphatic carbocycles. The van der Waals surface area contributed by atoms with Crippen molar-refractivity contribution in [1.82, 2.24) is 5.32 Å². The second kappa shape index (κ2) is 7.80. The van der Waals surface area contributed by atoms with Gasteiger partial charge in [0.25, 0.3) is 0 Å². The van der Waals surface area contributed by atoms with E-state index in [1.807, 2.05) is 13.0 Å². The lowest BCUT2D eigenvalue weighted by molar-refractivity contribution is 0.263. The fraction of sp³-hybridized carbons (Fsp3) is 0.625. The molecule has 4 nitrogen and oxygen atoms in total. The zero-order valence-electron chi connectivity index (χ0n) is 12.7. The molecule has 1 aliphatic rings.